The predicted molar refractivity (Wildman–Crippen MR) is 215 cm³/mol. The Labute approximate surface area is 298 Å². The zero-order valence-corrected chi connectivity index (χ0v) is 30.5. The minimum Gasteiger partial charge on any atom is -0.245 e. The van der Waals surface area contributed by atoms with Gasteiger partial charge in [-0.3, -0.25) is 0 Å². The summed E-state index contributed by atoms with van der Waals surface area (Å²) in [6, 6.07) is 40.0. The van der Waals surface area contributed by atoms with Gasteiger partial charge in [0, 0.05) is 21.9 Å². The van der Waals surface area contributed by atoms with Crippen molar-refractivity contribution in [3.63, 3.8) is 0 Å². The number of pyridine rings is 2. The van der Waals surface area contributed by atoms with Gasteiger partial charge in [-0.25, -0.2) is 9.97 Å². The highest BCUT2D eigenvalue weighted by Crippen LogP contribution is 2.41. The van der Waals surface area contributed by atoms with Crippen LogP contribution in [0.5, 0.6) is 0 Å². The quantitative estimate of drug-likeness (QED) is 0.137. The Hall–Kier alpha value is -5.08. The maximum Gasteiger partial charge on any atom is 0.0978 e. The zero-order valence-electron chi connectivity index (χ0n) is 30.5. The summed E-state index contributed by atoms with van der Waals surface area (Å²) in [5, 5.41) is 2.25. The maximum absolute atomic E-state index is 5.61. The first-order chi connectivity index (χ1) is 24.5. The SMILES string of the molecule is CCc1ccc(-c2cc(-c3ccccc3)c3ccc4c(-c5ccccc5)cc(-c5ccc(CC)c(CC)c5CC)nc4c3n2)c(CC)c1CC. The van der Waals surface area contributed by atoms with Crippen LogP contribution in [-0.2, 0) is 38.5 Å². The van der Waals surface area contributed by atoms with E-state index in [0.29, 0.717) is 0 Å². The number of aryl methyl sites for hydroxylation is 2. The fraction of sp³-hybridized carbons (Fsp3) is 0.250. The molecule has 250 valence electrons. The standard InChI is InChI=1S/C48H48N2/c1-7-31-23-25-39(37(11-5)35(31)9-3)45-29-43(33-19-15-13-16-20-33)41-27-28-42-44(34-21-17-14-18-22-34)30-46(50-48(42)47(41)49-45)40-26-24-32(8-2)36(10-4)38(40)12-6/h13-30H,7-12H2,1-6H3. The van der Waals surface area contributed by atoms with Gasteiger partial charge in [0.05, 0.1) is 22.4 Å². The molecule has 0 radical (unpaired) electrons. The summed E-state index contributed by atoms with van der Waals surface area (Å²) >= 11 is 0. The summed E-state index contributed by atoms with van der Waals surface area (Å²) < 4.78 is 0. The number of aromatic nitrogens is 2. The second-order valence-electron chi connectivity index (χ2n) is 13.3. The molecule has 0 saturated carbocycles. The van der Waals surface area contributed by atoms with Crippen LogP contribution >= 0.6 is 0 Å². The van der Waals surface area contributed by atoms with E-state index in [1.165, 1.54) is 66.8 Å². The molecule has 0 bridgehead atoms. The van der Waals surface area contributed by atoms with E-state index < -0.39 is 0 Å². The van der Waals surface area contributed by atoms with E-state index in [1.807, 2.05) is 0 Å². The smallest absolute Gasteiger partial charge is 0.0978 e. The van der Waals surface area contributed by atoms with E-state index in [0.717, 1.165) is 71.7 Å². The molecule has 2 heteroatoms. The lowest BCUT2D eigenvalue weighted by atomic mass is 9.88. The van der Waals surface area contributed by atoms with E-state index >= 15 is 0 Å². The second kappa shape index (κ2) is 14.4. The van der Waals surface area contributed by atoms with Crippen LogP contribution in [-0.4, -0.2) is 9.97 Å². The van der Waals surface area contributed by atoms with Crippen LogP contribution < -0.4 is 0 Å². The van der Waals surface area contributed by atoms with Crippen molar-refractivity contribution in [3.8, 4) is 44.8 Å². The van der Waals surface area contributed by atoms with E-state index in [1.54, 1.807) is 0 Å². The summed E-state index contributed by atoms with van der Waals surface area (Å²) in [5.41, 5.74) is 19.8. The number of hydrogen-bond donors (Lipinski definition) is 0. The third-order valence-electron chi connectivity index (χ3n) is 10.7. The van der Waals surface area contributed by atoms with Crippen LogP contribution in [0.1, 0.15) is 74.9 Å². The molecule has 7 aromatic rings. The van der Waals surface area contributed by atoms with Crippen LogP contribution in [0, 0.1) is 0 Å². The van der Waals surface area contributed by atoms with Crippen molar-refractivity contribution in [2.24, 2.45) is 0 Å². The second-order valence-corrected chi connectivity index (χ2v) is 13.3. The van der Waals surface area contributed by atoms with Crippen LogP contribution in [0.25, 0.3) is 66.6 Å². The highest BCUT2D eigenvalue weighted by molar-refractivity contribution is 6.13. The molecule has 0 fully saturated rings. The van der Waals surface area contributed by atoms with Gasteiger partial charge in [0.1, 0.15) is 0 Å². The Morgan fingerprint density at radius 2 is 0.740 bits per heavy atom. The summed E-state index contributed by atoms with van der Waals surface area (Å²) in [7, 11) is 0. The van der Waals surface area contributed by atoms with Crippen molar-refractivity contribution < 1.29 is 0 Å². The molecule has 50 heavy (non-hydrogen) atoms. The van der Waals surface area contributed by atoms with Gasteiger partial charge in [0.2, 0.25) is 0 Å². The summed E-state index contributed by atoms with van der Waals surface area (Å²) in [6.07, 6.45) is 6.05. The van der Waals surface area contributed by atoms with Gasteiger partial charge in [-0.2, -0.15) is 0 Å². The van der Waals surface area contributed by atoms with Gasteiger partial charge >= 0.3 is 0 Å². The van der Waals surface area contributed by atoms with Crippen molar-refractivity contribution >= 4 is 21.8 Å². The molecule has 0 unspecified atom stereocenters. The Morgan fingerprint density at radius 1 is 0.360 bits per heavy atom. The first-order valence-electron chi connectivity index (χ1n) is 18.7. The molecule has 2 nitrogen and oxygen atoms in total. The number of fused-ring (bicyclic) bond motifs is 3. The fourth-order valence-electron chi connectivity index (χ4n) is 8.28. The Kier molecular flexibility index (Phi) is 9.63. The van der Waals surface area contributed by atoms with Crippen molar-refractivity contribution in [1.29, 1.82) is 0 Å². The van der Waals surface area contributed by atoms with Crippen molar-refractivity contribution in [2.75, 3.05) is 0 Å². The molecule has 0 aliphatic carbocycles. The van der Waals surface area contributed by atoms with Gasteiger partial charge in [0.15, 0.2) is 0 Å². The molecular formula is C48H48N2. The van der Waals surface area contributed by atoms with Crippen molar-refractivity contribution in [1.82, 2.24) is 9.97 Å². The Morgan fingerprint density at radius 3 is 1.08 bits per heavy atom. The van der Waals surface area contributed by atoms with E-state index in [9.17, 15) is 0 Å². The third kappa shape index (κ3) is 5.81. The molecule has 7 rings (SSSR count). The average Bonchev–Trinajstić information content (AvgIpc) is 3.19. The first kappa shape index (κ1) is 33.4. The highest BCUT2D eigenvalue weighted by atomic mass is 14.8. The summed E-state index contributed by atoms with van der Waals surface area (Å²) in [6.45, 7) is 13.7. The van der Waals surface area contributed by atoms with Crippen molar-refractivity contribution in [2.45, 2.75) is 80.1 Å². The lowest BCUT2D eigenvalue weighted by Crippen LogP contribution is -2.03. The molecule has 0 N–H and O–H groups in total. The van der Waals surface area contributed by atoms with Gasteiger partial charge in [-0.15, -0.1) is 0 Å². The van der Waals surface area contributed by atoms with E-state index in [4.69, 9.17) is 9.97 Å². The minimum atomic E-state index is 0.955. The van der Waals surface area contributed by atoms with Crippen LogP contribution in [0.4, 0.5) is 0 Å². The lowest BCUT2D eigenvalue weighted by molar-refractivity contribution is 0.982. The normalized spacial score (nSPS) is 11.5. The number of hydrogen-bond acceptors (Lipinski definition) is 2. The largest absolute Gasteiger partial charge is 0.245 e. The van der Waals surface area contributed by atoms with Gasteiger partial charge in [0.25, 0.3) is 0 Å². The monoisotopic (exact) mass is 652 g/mol. The molecule has 5 aromatic carbocycles. The molecule has 0 aliphatic heterocycles. The van der Waals surface area contributed by atoms with Gasteiger partial charge in [-0.1, -0.05) is 139 Å². The zero-order chi connectivity index (χ0) is 34.8. The molecular weight excluding hydrogens is 605 g/mol. The number of benzene rings is 5. The van der Waals surface area contributed by atoms with Gasteiger partial charge < -0.3 is 0 Å². The van der Waals surface area contributed by atoms with Gasteiger partial charge in [-0.05, 0) is 106 Å². The molecule has 0 aliphatic rings. The Balaban J connectivity index is 1.63. The molecule has 2 heterocycles. The molecule has 0 saturated heterocycles. The summed E-state index contributed by atoms with van der Waals surface area (Å²) in [4.78, 5) is 11.2. The molecule has 0 spiro atoms. The summed E-state index contributed by atoms with van der Waals surface area (Å²) in [5.74, 6) is 0. The fourth-order valence-corrected chi connectivity index (χ4v) is 8.28. The van der Waals surface area contributed by atoms with Crippen LogP contribution in [0.15, 0.2) is 109 Å². The maximum atomic E-state index is 5.61. The van der Waals surface area contributed by atoms with Crippen LogP contribution in [0.2, 0.25) is 0 Å². The molecule has 2 aromatic heterocycles. The Bertz CT molecular complexity index is 2150. The topological polar surface area (TPSA) is 25.8 Å². The van der Waals surface area contributed by atoms with Crippen LogP contribution in [0.3, 0.4) is 0 Å². The lowest BCUT2D eigenvalue weighted by Gasteiger charge is -2.20. The number of nitrogens with zero attached hydrogens (tertiary/aromatic N) is 2. The van der Waals surface area contributed by atoms with Crippen molar-refractivity contribution in [3.05, 3.63) is 143 Å². The minimum absolute atomic E-state index is 0.955. The third-order valence-corrected chi connectivity index (χ3v) is 10.7. The first-order valence-corrected chi connectivity index (χ1v) is 18.7. The predicted octanol–water partition coefficient (Wildman–Crippen LogP) is 12.8. The van der Waals surface area contributed by atoms with E-state index in [2.05, 4.69) is 151 Å². The average molecular weight is 653 g/mol. The van der Waals surface area contributed by atoms with E-state index in [-0.39, 0.29) is 0 Å². The molecule has 0 amide bonds. The highest BCUT2D eigenvalue weighted by Gasteiger charge is 2.21. The molecule has 0 atom stereocenters. The number of rotatable bonds is 10.